The van der Waals surface area contributed by atoms with E-state index in [4.69, 9.17) is 14.6 Å². The fourth-order valence-electron chi connectivity index (χ4n) is 5.31. The van der Waals surface area contributed by atoms with Crippen LogP contribution < -0.4 is 14.4 Å². The third-order valence-electron chi connectivity index (χ3n) is 7.21. The largest absolute Gasteiger partial charge is 0.497 e. The molecule has 0 amide bonds. The molecule has 0 spiro atoms. The van der Waals surface area contributed by atoms with E-state index in [0.717, 1.165) is 39.8 Å². The van der Waals surface area contributed by atoms with E-state index in [0.29, 0.717) is 25.2 Å². The van der Waals surface area contributed by atoms with Crippen LogP contribution in [0.2, 0.25) is 0 Å². The van der Waals surface area contributed by atoms with Crippen LogP contribution in [0, 0.1) is 0 Å². The number of anilines is 1. The second-order valence-corrected chi connectivity index (χ2v) is 9.77. The van der Waals surface area contributed by atoms with Crippen molar-refractivity contribution in [2.45, 2.75) is 19.1 Å². The Bertz CT molecular complexity index is 1790. The molecule has 1 unspecified atom stereocenters. The van der Waals surface area contributed by atoms with Crippen LogP contribution in [-0.2, 0) is 20.0 Å². The molecular formula is C30H27N7O2. The van der Waals surface area contributed by atoms with Crippen molar-refractivity contribution in [1.29, 1.82) is 0 Å². The molecule has 0 fully saturated rings. The van der Waals surface area contributed by atoms with Gasteiger partial charge in [-0.15, -0.1) is 10.2 Å². The molecule has 0 radical (unpaired) electrons. The number of aromatic nitrogens is 6. The zero-order chi connectivity index (χ0) is 26.3. The van der Waals surface area contributed by atoms with Crippen LogP contribution in [0.5, 0.6) is 11.5 Å². The molecule has 9 heteroatoms. The zero-order valence-corrected chi connectivity index (χ0v) is 21.7. The minimum absolute atomic E-state index is 0.143. The Hall–Kier alpha value is -4.92. The summed E-state index contributed by atoms with van der Waals surface area (Å²) in [5.41, 5.74) is 5.00. The first kappa shape index (κ1) is 23.2. The molecule has 5 heterocycles. The average Bonchev–Trinajstić information content (AvgIpc) is 3.53. The van der Waals surface area contributed by atoms with Crippen molar-refractivity contribution < 1.29 is 9.47 Å². The van der Waals surface area contributed by atoms with Gasteiger partial charge in [0.2, 0.25) is 0 Å². The number of hydrogen-bond acceptors (Lipinski definition) is 7. The number of nitrogens with zero attached hydrogens (tertiary/aromatic N) is 7. The van der Waals surface area contributed by atoms with Crippen LogP contribution in [0.1, 0.15) is 11.4 Å². The van der Waals surface area contributed by atoms with Gasteiger partial charge in [0.1, 0.15) is 11.9 Å². The SMILES string of the molecule is COc1ccc(CN2CC(Cc3nnc4ccc(-c5cn(C)c6ccccc56)nn34)Oc3cccnc32)cc1. The lowest BCUT2D eigenvalue weighted by Gasteiger charge is -2.35. The van der Waals surface area contributed by atoms with Crippen molar-refractivity contribution >= 4 is 22.4 Å². The van der Waals surface area contributed by atoms with E-state index in [9.17, 15) is 0 Å². The van der Waals surface area contributed by atoms with Crippen LogP contribution in [0.25, 0.3) is 27.8 Å². The molecule has 0 aliphatic carbocycles. The third kappa shape index (κ3) is 4.21. The number of methoxy groups -OCH3 is 1. The summed E-state index contributed by atoms with van der Waals surface area (Å²) in [5, 5.41) is 15.0. The average molecular weight is 518 g/mol. The molecule has 1 aliphatic heterocycles. The zero-order valence-electron chi connectivity index (χ0n) is 21.7. The summed E-state index contributed by atoms with van der Waals surface area (Å²) in [6, 6.07) is 24.3. The number of ether oxygens (including phenoxy) is 2. The van der Waals surface area contributed by atoms with Gasteiger partial charge in [0.15, 0.2) is 23.0 Å². The summed E-state index contributed by atoms with van der Waals surface area (Å²) in [7, 11) is 3.73. The second kappa shape index (κ2) is 9.43. The Morgan fingerprint density at radius 1 is 0.974 bits per heavy atom. The Kier molecular flexibility index (Phi) is 5.61. The Morgan fingerprint density at radius 3 is 2.72 bits per heavy atom. The Morgan fingerprint density at radius 2 is 1.85 bits per heavy atom. The smallest absolute Gasteiger partial charge is 0.177 e. The van der Waals surface area contributed by atoms with E-state index in [1.807, 2.05) is 40.9 Å². The van der Waals surface area contributed by atoms with Gasteiger partial charge in [0.25, 0.3) is 0 Å². The van der Waals surface area contributed by atoms with Crippen LogP contribution in [0.4, 0.5) is 5.82 Å². The summed E-state index contributed by atoms with van der Waals surface area (Å²) >= 11 is 0. The second-order valence-electron chi connectivity index (χ2n) is 9.77. The van der Waals surface area contributed by atoms with E-state index in [1.54, 1.807) is 13.3 Å². The molecule has 4 aromatic heterocycles. The molecule has 1 aliphatic rings. The maximum atomic E-state index is 6.40. The maximum absolute atomic E-state index is 6.40. The highest BCUT2D eigenvalue weighted by Gasteiger charge is 2.28. The highest BCUT2D eigenvalue weighted by Crippen LogP contribution is 2.33. The number of benzene rings is 2. The first-order chi connectivity index (χ1) is 19.2. The summed E-state index contributed by atoms with van der Waals surface area (Å²) in [6.45, 7) is 1.37. The van der Waals surface area contributed by atoms with Gasteiger partial charge in [0.05, 0.1) is 19.3 Å². The Balaban J connectivity index is 1.19. The number of fused-ring (bicyclic) bond motifs is 3. The van der Waals surface area contributed by atoms with Crippen molar-refractivity contribution in [3.63, 3.8) is 0 Å². The minimum Gasteiger partial charge on any atom is -0.497 e. The van der Waals surface area contributed by atoms with E-state index in [-0.39, 0.29) is 6.10 Å². The first-order valence-corrected chi connectivity index (χ1v) is 12.9. The van der Waals surface area contributed by atoms with Crippen LogP contribution in [-0.4, -0.2) is 49.1 Å². The van der Waals surface area contributed by atoms with Crippen LogP contribution >= 0.6 is 0 Å². The molecule has 6 aromatic rings. The number of rotatable bonds is 6. The lowest BCUT2D eigenvalue weighted by Crippen LogP contribution is -2.41. The molecule has 194 valence electrons. The van der Waals surface area contributed by atoms with Gasteiger partial charge in [-0.1, -0.05) is 30.3 Å². The summed E-state index contributed by atoms with van der Waals surface area (Å²) < 4.78 is 15.7. The Labute approximate surface area is 225 Å². The van der Waals surface area contributed by atoms with E-state index in [2.05, 4.69) is 74.3 Å². The van der Waals surface area contributed by atoms with Crippen molar-refractivity contribution in [2.24, 2.45) is 7.05 Å². The van der Waals surface area contributed by atoms with Crippen LogP contribution in [0.15, 0.2) is 85.2 Å². The van der Waals surface area contributed by atoms with Crippen molar-refractivity contribution in [1.82, 2.24) is 29.4 Å². The number of pyridine rings is 1. The summed E-state index contributed by atoms with van der Waals surface area (Å²) in [5.74, 6) is 3.20. The van der Waals surface area contributed by atoms with Gasteiger partial charge in [0, 0.05) is 48.9 Å². The number of para-hydroxylation sites is 1. The first-order valence-electron chi connectivity index (χ1n) is 12.9. The molecule has 0 saturated carbocycles. The van der Waals surface area contributed by atoms with Crippen molar-refractivity contribution in [2.75, 3.05) is 18.6 Å². The van der Waals surface area contributed by atoms with Gasteiger partial charge in [-0.3, -0.25) is 0 Å². The van der Waals surface area contributed by atoms with Crippen LogP contribution in [0.3, 0.4) is 0 Å². The van der Waals surface area contributed by atoms with Gasteiger partial charge < -0.3 is 18.9 Å². The van der Waals surface area contributed by atoms with Gasteiger partial charge in [-0.25, -0.2) is 4.98 Å². The third-order valence-corrected chi connectivity index (χ3v) is 7.21. The quantitative estimate of drug-likeness (QED) is 0.317. The summed E-state index contributed by atoms with van der Waals surface area (Å²) in [6.07, 6.45) is 4.33. The number of aryl methyl sites for hydroxylation is 1. The van der Waals surface area contributed by atoms with Crippen molar-refractivity contribution in [3.8, 4) is 22.8 Å². The molecule has 7 rings (SSSR count). The van der Waals surface area contributed by atoms with E-state index >= 15 is 0 Å². The number of hydrogen-bond donors (Lipinski definition) is 0. The highest BCUT2D eigenvalue weighted by atomic mass is 16.5. The molecule has 9 nitrogen and oxygen atoms in total. The lowest BCUT2D eigenvalue weighted by molar-refractivity contribution is 0.188. The molecule has 2 aromatic carbocycles. The fourth-order valence-corrected chi connectivity index (χ4v) is 5.31. The monoisotopic (exact) mass is 517 g/mol. The predicted octanol–water partition coefficient (Wildman–Crippen LogP) is 4.70. The van der Waals surface area contributed by atoms with Crippen molar-refractivity contribution in [3.05, 3.63) is 96.6 Å². The van der Waals surface area contributed by atoms with E-state index in [1.165, 1.54) is 11.1 Å². The van der Waals surface area contributed by atoms with Gasteiger partial charge >= 0.3 is 0 Å². The lowest BCUT2D eigenvalue weighted by atomic mass is 10.1. The molecule has 0 N–H and O–H groups in total. The fraction of sp³-hybridized carbons (Fsp3) is 0.200. The summed E-state index contributed by atoms with van der Waals surface area (Å²) in [4.78, 5) is 6.87. The topological polar surface area (TPSA) is 82.6 Å². The normalized spacial score (nSPS) is 14.9. The van der Waals surface area contributed by atoms with Gasteiger partial charge in [-0.2, -0.15) is 9.61 Å². The molecule has 0 bridgehead atoms. The molecule has 1 atom stereocenters. The molecule has 39 heavy (non-hydrogen) atoms. The molecular weight excluding hydrogens is 490 g/mol. The maximum Gasteiger partial charge on any atom is 0.177 e. The van der Waals surface area contributed by atoms with E-state index < -0.39 is 0 Å². The predicted molar refractivity (Wildman–Crippen MR) is 149 cm³/mol. The standard InChI is InChI=1S/C30H27N7O2/c1-35-19-24(23-6-3-4-7-26(23)35)25-13-14-28-32-33-29(37(28)34-25)16-22-18-36(30-27(39-22)8-5-15-31-30)17-20-9-11-21(38-2)12-10-20/h3-15,19,22H,16-18H2,1-2H3. The van der Waals surface area contributed by atoms with Gasteiger partial charge in [-0.05, 0) is 48.0 Å². The highest BCUT2D eigenvalue weighted by molar-refractivity contribution is 5.95. The molecule has 0 saturated heterocycles. The minimum atomic E-state index is -0.143.